The van der Waals surface area contributed by atoms with E-state index in [4.69, 9.17) is 4.42 Å². The van der Waals surface area contributed by atoms with Crippen molar-refractivity contribution in [2.24, 2.45) is 4.99 Å². The highest BCUT2D eigenvalue weighted by Gasteiger charge is 2.08. The fourth-order valence-corrected chi connectivity index (χ4v) is 2.81. The van der Waals surface area contributed by atoms with Crippen molar-refractivity contribution >= 4 is 17.7 Å². The molecule has 1 aromatic heterocycles. The highest BCUT2D eigenvalue weighted by molar-refractivity contribution is 7.97. The van der Waals surface area contributed by atoms with E-state index in [1.165, 1.54) is 6.07 Å². The first-order valence-electron chi connectivity index (χ1n) is 7.67. The second kappa shape index (κ2) is 8.73. The Morgan fingerprint density at radius 3 is 2.62 bits per heavy atom. The lowest BCUT2D eigenvalue weighted by atomic mass is 10.1. The van der Waals surface area contributed by atoms with E-state index in [1.54, 1.807) is 24.9 Å². The zero-order chi connectivity index (χ0) is 17.5. The third kappa shape index (κ3) is 4.99. The van der Waals surface area contributed by atoms with E-state index < -0.39 is 0 Å². The summed E-state index contributed by atoms with van der Waals surface area (Å²) in [4.78, 5) is 8.51. The first-order chi connectivity index (χ1) is 11.5. The minimum atomic E-state index is -0.208. The van der Waals surface area contributed by atoms with Gasteiger partial charge < -0.3 is 15.1 Å². The molecule has 130 valence electrons. The molecule has 0 radical (unpaired) electrons. The van der Waals surface area contributed by atoms with Gasteiger partial charge >= 0.3 is 0 Å². The first kappa shape index (κ1) is 18.3. The van der Waals surface area contributed by atoms with Gasteiger partial charge in [0.25, 0.3) is 0 Å². The normalized spacial score (nSPS) is 11.6. The molecule has 2 aromatic rings. The zero-order valence-electron chi connectivity index (χ0n) is 14.4. The van der Waals surface area contributed by atoms with Crippen molar-refractivity contribution in [1.82, 2.24) is 15.6 Å². The number of nitrogens with one attached hydrogen (secondary N) is 2. The van der Waals surface area contributed by atoms with Crippen LogP contribution in [0, 0.1) is 19.7 Å². The standard InChI is InChI=1S/C17H23FN4OS/c1-11-12(2)23-16(22-11)9-21-17(19-3)20-8-13-5-6-15(18)7-14(13)10-24-4/h5-7H,8-10H2,1-4H3,(H2,19,20,21). The smallest absolute Gasteiger partial charge is 0.214 e. The molecule has 0 saturated heterocycles. The van der Waals surface area contributed by atoms with Gasteiger partial charge in [-0.1, -0.05) is 6.07 Å². The van der Waals surface area contributed by atoms with E-state index in [2.05, 4.69) is 20.6 Å². The molecule has 0 saturated carbocycles. The Bertz CT molecular complexity index is 695. The lowest BCUT2D eigenvalue weighted by molar-refractivity contribution is 0.463. The summed E-state index contributed by atoms with van der Waals surface area (Å²) in [5, 5.41) is 6.40. The molecule has 0 fully saturated rings. The maximum atomic E-state index is 13.4. The Labute approximate surface area is 146 Å². The van der Waals surface area contributed by atoms with Gasteiger partial charge in [0.2, 0.25) is 5.89 Å². The molecule has 0 atom stereocenters. The number of aliphatic imine (C=N–C) groups is 1. The largest absolute Gasteiger partial charge is 0.444 e. The van der Waals surface area contributed by atoms with Crippen LogP contribution in [0.5, 0.6) is 0 Å². The van der Waals surface area contributed by atoms with Crippen LogP contribution in [0.3, 0.4) is 0 Å². The third-order valence-corrected chi connectivity index (χ3v) is 4.22. The van der Waals surface area contributed by atoms with Crippen LogP contribution in [0.15, 0.2) is 27.6 Å². The number of benzene rings is 1. The van der Waals surface area contributed by atoms with Gasteiger partial charge in [0.15, 0.2) is 5.96 Å². The van der Waals surface area contributed by atoms with Gasteiger partial charge in [0.1, 0.15) is 11.6 Å². The molecule has 0 amide bonds. The Morgan fingerprint density at radius 1 is 1.25 bits per heavy atom. The van der Waals surface area contributed by atoms with Crippen LogP contribution in [-0.4, -0.2) is 24.2 Å². The molecular weight excluding hydrogens is 327 g/mol. The van der Waals surface area contributed by atoms with Crippen molar-refractivity contribution in [2.75, 3.05) is 13.3 Å². The molecule has 2 N–H and O–H groups in total. The van der Waals surface area contributed by atoms with Gasteiger partial charge in [-0.05, 0) is 43.4 Å². The number of halogens is 1. The summed E-state index contributed by atoms with van der Waals surface area (Å²) in [6.45, 7) is 4.83. The summed E-state index contributed by atoms with van der Waals surface area (Å²) in [6, 6.07) is 4.87. The lowest BCUT2D eigenvalue weighted by Gasteiger charge is -2.13. The number of hydrogen-bond donors (Lipinski definition) is 2. The molecule has 5 nitrogen and oxygen atoms in total. The SMILES string of the molecule is CN=C(NCc1nc(C)c(C)o1)NCc1ccc(F)cc1CSC. The summed E-state index contributed by atoms with van der Waals surface area (Å²) in [6.07, 6.45) is 2.00. The molecule has 1 aromatic carbocycles. The number of aryl methyl sites for hydroxylation is 2. The second-order valence-electron chi connectivity index (χ2n) is 5.37. The number of nitrogens with zero attached hydrogens (tertiary/aromatic N) is 2. The van der Waals surface area contributed by atoms with Crippen molar-refractivity contribution in [2.45, 2.75) is 32.7 Å². The Kier molecular flexibility index (Phi) is 6.66. The van der Waals surface area contributed by atoms with Crippen LogP contribution in [0.1, 0.15) is 28.5 Å². The predicted molar refractivity (Wildman–Crippen MR) is 96.6 cm³/mol. The highest BCUT2D eigenvalue weighted by Crippen LogP contribution is 2.16. The van der Waals surface area contributed by atoms with E-state index in [0.717, 1.165) is 28.3 Å². The summed E-state index contributed by atoms with van der Waals surface area (Å²) in [5.41, 5.74) is 2.93. The third-order valence-electron chi connectivity index (χ3n) is 3.62. The molecule has 0 aliphatic heterocycles. The predicted octanol–water partition coefficient (Wildman–Crippen LogP) is 3.16. The molecule has 0 bridgehead atoms. The number of thioether (sulfide) groups is 1. The summed E-state index contributed by atoms with van der Waals surface area (Å²) >= 11 is 1.67. The maximum Gasteiger partial charge on any atom is 0.214 e. The average molecular weight is 350 g/mol. The van der Waals surface area contributed by atoms with Gasteiger partial charge in [-0.2, -0.15) is 11.8 Å². The highest BCUT2D eigenvalue weighted by atomic mass is 32.2. The molecule has 7 heteroatoms. The zero-order valence-corrected chi connectivity index (χ0v) is 15.3. The lowest BCUT2D eigenvalue weighted by Crippen LogP contribution is -2.36. The fraction of sp³-hybridized carbons (Fsp3) is 0.412. The second-order valence-corrected chi connectivity index (χ2v) is 6.24. The van der Waals surface area contributed by atoms with Crippen LogP contribution in [0.4, 0.5) is 4.39 Å². The molecule has 0 unspecified atom stereocenters. The van der Waals surface area contributed by atoms with Gasteiger partial charge in [0.05, 0.1) is 12.2 Å². The van der Waals surface area contributed by atoms with Crippen molar-refractivity contribution in [3.8, 4) is 0 Å². The summed E-state index contributed by atoms with van der Waals surface area (Å²) in [7, 11) is 1.70. The number of oxazole rings is 1. The molecule has 24 heavy (non-hydrogen) atoms. The first-order valence-corrected chi connectivity index (χ1v) is 9.06. The Hall–Kier alpha value is -2.02. The Balaban J connectivity index is 1.94. The van der Waals surface area contributed by atoms with E-state index in [9.17, 15) is 4.39 Å². The number of hydrogen-bond acceptors (Lipinski definition) is 4. The fourth-order valence-electron chi connectivity index (χ4n) is 2.23. The van der Waals surface area contributed by atoms with Crippen molar-refractivity contribution < 1.29 is 8.81 Å². The van der Waals surface area contributed by atoms with Crippen molar-refractivity contribution in [3.05, 3.63) is 52.5 Å². The summed E-state index contributed by atoms with van der Waals surface area (Å²) < 4.78 is 18.9. The molecule has 2 rings (SSSR count). The van der Waals surface area contributed by atoms with E-state index in [-0.39, 0.29) is 5.82 Å². The molecule has 0 aliphatic carbocycles. The maximum absolute atomic E-state index is 13.4. The minimum absolute atomic E-state index is 0.208. The van der Waals surface area contributed by atoms with Crippen LogP contribution >= 0.6 is 11.8 Å². The molecule has 1 heterocycles. The van der Waals surface area contributed by atoms with E-state index in [1.807, 2.05) is 26.2 Å². The van der Waals surface area contributed by atoms with Gasteiger partial charge in [-0.3, -0.25) is 4.99 Å². The van der Waals surface area contributed by atoms with Crippen molar-refractivity contribution in [3.63, 3.8) is 0 Å². The van der Waals surface area contributed by atoms with Crippen LogP contribution in [-0.2, 0) is 18.8 Å². The Morgan fingerprint density at radius 2 is 2.00 bits per heavy atom. The van der Waals surface area contributed by atoms with Gasteiger partial charge in [-0.15, -0.1) is 0 Å². The number of aromatic nitrogens is 1. The average Bonchev–Trinajstić information content (AvgIpc) is 2.88. The number of guanidine groups is 1. The minimum Gasteiger partial charge on any atom is -0.444 e. The number of rotatable bonds is 6. The monoisotopic (exact) mass is 350 g/mol. The summed E-state index contributed by atoms with van der Waals surface area (Å²) in [5.74, 6) is 2.65. The van der Waals surface area contributed by atoms with E-state index >= 15 is 0 Å². The van der Waals surface area contributed by atoms with E-state index in [0.29, 0.717) is 24.9 Å². The van der Waals surface area contributed by atoms with Crippen LogP contribution < -0.4 is 10.6 Å². The van der Waals surface area contributed by atoms with Gasteiger partial charge in [0, 0.05) is 19.3 Å². The molecular formula is C17H23FN4OS. The van der Waals surface area contributed by atoms with Gasteiger partial charge in [-0.25, -0.2) is 9.37 Å². The van der Waals surface area contributed by atoms with Crippen molar-refractivity contribution in [1.29, 1.82) is 0 Å². The van der Waals surface area contributed by atoms with Crippen LogP contribution in [0.2, 0.25) is 0 Å². The van der Waals surface area contributed by atoms with Crippen LogP contribution in [0.25, 0.3) is 0 Å². The quantitative estimate of drug-likeness (QED) is 0.619. The topological polar surface area (TPSA) is 62.5 Å². The molecule has 0 spiro atoms. The molecule has 0 aliphatic rings.